The van der Waals surface area contributed by atoms with Crippen molar-refractivity contribution in [3.8, 4) is 0 Å². The molecule has 0 bridgehead atoms. The maximum atomic E-state index is 4.13. The Balaban J connectivity index is 1.76. The molecule has 0 aliphatic carbocycles. The van der Waals surface area contributed by atoms with Gasteiger partial charge in [0.05, 0.1) is 0 Å². The normalized spacial score (nSPS) is 10.2. The van der Waals surface area contributed by atoms with Crippen molar-refractivity contribution in [2.75, 3.05) is 17.6 Å². The number of benzene rings is 1. The van der Waals surface area contributed by atoms with Gasteiger partial charge in [0.25, 0.3) is 0 Å². The van der Waals surface area contributed by atoms with Gasteiger partial charge in [-0.1, -0.05) is 59.5 Å². The third-order valence-electron chi connectivity index (χ3n) is 2.26. The molecule has 18 heavy (non-hydrogen) atoms. The number of rotatable bonds is 7. The van der Waals surface area contributed by atoms with Crippen molar-refractivity contribution >= 4 is 28.2 Å². The summed E-state index contributed by atoms with van der Waals surface area (Å²) in [4.78, 5) is 0. The van der Waals surface area contributed by atoms with Gasteiger partial charge in [0.15, 0.2) is 4.34 Å². The second-order valence-electron chi connectivity index (χ2n) is 3.63. The zero-order chi connectivity index (χ0) is 12.6. The van der Waals surface area contributed by atoms with Gasteiger partial charge in [-0.3, -0.25) is 0 Å². The molecule has 94 valence electrons. The summed E-state index contributed by atoms with van der Waals surface area (Å²) in [5.41, 5.74) is 1.36. The van der Waals surface area contributed by atoms with Crippen LogP contribution in [0.5, 0.6) is 0 Å². The van der Waals surface area contributed by atoms with Crippen molar-refractivity contribution in [1.29, 1.82) is 0 Å². The van der Waals surface area contributed by atoms with Crippen LogP contribution in [0.4, 0.5) is 5.13 Å². The molecule has 5 heteroatoms. The third-order valence-corrected chi connectivity index (χ3v) is 4.28. The number of aryl methyl sites for hydroxylation is 1. The van der Waals surface area contributed by atoms with Crippen LogP contribution in [0.3, 0.4) is 0 Å². The van der Waals surface area contributed by atoms with Crippen LogP contribution < -0.4 is 5.32 Å². The van der Waals surface area contributed by atoms with Crippen LogP contribution in [-0.4, -0.2) is 22.5 Å². The number of thioether (sulfide) groups is 1. The molecule has 0 saturated carbocycles. The number of hydrogen-bond donors (Lipinski definition) is 1. The maximum Gasteiger partial charge on any atom is 0.206 e. The predicted molar refractivity (Wildman–Crippen MR) is 79.5 cm³/mol. The van der Waals surface area contributed by atoms with E-state index in [2.05, 4.69) is 46.4 Å². The van der Waals surface area contributed by atoms with Gasteiger partial charge in [0, 0.05) is 12.3 Å². The Hall–Kier alpha value is -1.33. The molecular formula is C13H15N3S2. The Morgan fingerprint density at radius 1 is 1.28 bits per heavy atom. The molecule has 1 aromatic heterocycles. The topological polar surface area (TPSA) is 37.8 Å². The molecule has 0 unspecified atom stereocenters. The van der Waals surface area contributed by atoms with Crippen LogP contribution in [0.2, 0.25) is 0 Å². The van der Waals surface area contributed by atoms with Crippen LogP contribution in [0, 0.1) is 0 Å². The monoisotopic (exact) mass is 277 g/mol. The number of anilines is 1. The molecule has 0 amide bonds. The minimum atomic E-state index is 0.726. The van der Waals surface area contributed by atoms with E-state index in [0.29, 0.717) is 0 Å². The van der Waals surface area contributed by atoms with Crippen LogP contribution in [-0.2, 0) is 6.42 Å². The lowest BCUT2D eigenvalue weighted by molar-refractivity contribution is 1.00. The first-order valence-corrected chi connectivity index (χ1v) is 7.53. The van der Waals surface area contributed by atoms with E-state index in [1.807, 2.05) is 12.1 Å². The van der Waals surface area contributed by atoms with Crippen molar-refractivity contribution in [2.45, 2.75) is 10.8 Å². The Morgan fingerprint density at radius 3 is 2.89 bits per heavy atom. The molecule has 0 radical (unpaired) electrons. The summed E-state index contributed by atoms with van der Waals surface area (Å²) in [5.74, 6) is 1.03. The highest BCUT2D eigenvalue weighted by molar-refractivity contribution is 8.01. The summed E-state index contributed by atoms with van der Waals surface area (Å²) in [7, 11) is 0. The molecule has 1 N–H and O–H groups in total. The number of nitrogens with one attached hydrogen (secondary N) is 1. The fourth-order valence-corrected chi connectivity index (χ4v) is 3.22. The third kappa shape index (κ3) is 4.16. The van der Waals surface area contributed by atoms with E-state index in [-0.39, 0.29) is 0 Å². The number of hydrogen-bond acceptors (Lipinski definition) is 5. The summed E-state index contributed by atoms with van der Waals surface area (Å²) < 4.78 is 1.01. The predicted octanol–water partition coefficient (Wildman–Crippen LogP) is 3.47. The van der Waals surface area contributed by atoms with Crippen LogP contribution >= 0.6 is 23.1 Å². The quantitative estimate of drug-likeness (QED) is 0.621. The van der Waals surface area contributed by atoms with Gasteiger partial charge in [-0.2, -0.15) is 0 Å². The fraction of sp³-hybridized carbons (Fsp3) is 0.231. The number of aromatic nitrogens is 2. The largest absolute Gasteiger partial charge is 0.357 e. The molecule has 2 aromatic rings. The van der Waals surface area contributed by atoms with E-state index in [1.54, 1.807) is 23.1 Å². The van der Waals surface area contributed by atoms with E-state index >= 15 is 0 Å². The molecule has 0 fully saturated rings. The minimum absolute atomic E-state index is 0.726. The van der Waals surface area contributed by atoms with Crippen LogP contribution in [0.25, 0.3) is 0 Å². The van der Waals surface area contributed by atoms with Crippen molar-refractivity contribution < 1.29 is 0 Å². The van der Waals surface area contributed by atoms with Gasteiger partial charge >= 0.3 is 0 Å². The molecule has 0 aliphatic rings. The first-order valence-electron chi connectivity index (χ1n) is 5.73. The molecule has 0 aliphatic heterocycles. The zero-order valence-electron chi connectivity index (χ0n) is 10.0. The van der Waals surface area contributed by atoms with Crippen molar-refractivity contribution in [1.82, 2.24) is 10.2 Å². The first kappa shape index (κ1) is 13.1. The van der Waals surface area contributed by atoms with Gasteiger partial charge in [-0.25, -0.2) is 0 Å². The summed E-state index contributed by atoms with van der Waals surface area (Å²) in [6.45, 7) is 4.38. The average molecular weight is 277 g/mol. The maximum absolute atomic E-state index is 4.13. The van der Waals surface area contributed by atoms with E-state index in [9.17, 15) is 0 Å². The SMILES string of the molecule is C=CCNc1nnc(SCCc2ccccc2)s1. The minimum Gasteiger partial charge on any atom is -0.357 e. The van der Waals surface area contributed by atoms with Gasteiger partial charge < -0.3 is 5.32 Å². The molecule has 0 spiro atoms. The van der Waals surface area contributed by atoms with Crippen molar-refractivity contribution in [3.63, 3.8) is 0 Å². The molecular weight excluding hydrogens is 262 g/mol. The summed E-state index contributed by atoms with van der Waals surface area (Å²) in [6, 6.07) is 10.5. The van der Waals surface area contributed by atoms with Gasteiger partial charge in [-0.05, 0) is 12.0 Å². The van der Waals surface area contributed by atoms with Crippen molar-refractivity contribution in [2.24, 2.45) is 0 Å². The summed E-state index contributed by atoms with van der Waals surface area (Å²) in [5, 5.41) is 12.2. The smallest absolute Gasteiger partial charge is 0.206 e. The summed E-state index contributed by atoms with van der Waals surface area (Å²) >= 11 is 3.34. The Bertz CT molecular complexity index is 482. The highest BCUT2D eigenvalue weighted by atomic mass is 32.2. The van der Waals surface area contributed by atoms with E-state index in [4.69, 9.17) is 0 Å². The zero-order valence-corrected chi connectivity index (χ0v) is 11.6. The lowest BCUT2D eigenvalue weighted by atomic mass is 10.2. The second-order valence-corrected chi connectivity index (χ2v) is 5.95. The second kappa shape index (κ2) is 7.18. The molecule has 3 nitrogen and oxygen atoms in total. The highest BCUT2D eigenvalue weighted by Crippen LogP contribution is 2.25. The Morgan fingerprint density at radius 2 is 2.11 bits per heavy atom. The fourth-order valence-electron chi connectivity index (χ4n) is 1.40. The van der Waals surface area contributed by atoms with Crippen LogP contribution in [0.15, 0.2) is 47.3 Å². The van der Waals surface area contributed by atoms with Crippen LogP contribution in [0.1, 0.15) is 5.56 Å². The standard InChI is InChI=1S/C13H15N3S2/c1-2-9-14-12-15-16-13(18-12)17-10-8-11-6-4-3-5-7-11/h2-7H,1,8-10H2,(H,14,15). The lowest BCUT2D eigenvalue weighted by Crippen LogP contribution is -1.96. The van der Waals surface area contributed by atoms with Crippen molar-refractivity contribution in [3.05, 3.63) is 48.6 Å². The Kier molecular flexibility index (Phi) is 5.23. The Labute approximate surface area is 115 Å². The molecule has 1 aromatic carbocycles. The lowest BCUT2D eigenvalue weighted by Gasteiger charge is -1.98. The first-order chi connectivity index (χ1) is 8.88. The number of nitrogens with zero attached hydrogens (tertiary/aromatic N) is 2. The van der Waals surface area contributed by atoms with E-state index in [0.717, 1.165) is 28.2 Å². The average Bonchev–Trinajstić information content (AvgIpc) is 2.85. The highest BCUT2D eigenvalue weighted by Gasteiger charge is 2.03. The van der Waals surface area contributed by atoms with Gasteiger partial charge in [-0.15, -0.1) is 16.8 Å². The molecule has 1 heterocycles. The van der Waals surface area contributed by atoms with E-state index in [1.165, 1.54) is 5.56 Å². The molecule has 2 rings (SSSR count). The van der Waals surface area contributed by atoms with E-state index < -0.39 is 0 Å². The molecule has 0 atom stereocenters. The molecule has 0 saturated heterocycles. The van der Waals surface area contributed by atoms with Gasteiger partial charge in [0.2, 0.25) is 5.13 Å². The summed E-state index contributed by atoms with van der Waals surface area (Å²) in [6.07, 6.45) is 2.87. The van der Waals surface area contributed by atoms with Gasteiger partial charge in [0.1, 0.15) is 0 Å².